The molecular weight excluding hydrogens is 505 g/mol. The number of hydrogen-bond donors (Lipinski definition) is 1. The molecule has 38 heavy (non-hydrogen) atoms. The fourth-order valence-electron chi connectivity index (χ4n) is 5.30. The first-order valence-corrected chi connectivity index (χ1v) is 13.3. The number of nitrogens with one attached hydrogen (secondary N) is 1. The highest BCUT2D eigenvalue weighted by molar-refractivity contribution is 6.30. The van der Waals surface area contributed by atoms with E-state index in [4.69, 9.17) is 11.6 Å². The van der Waals surface area contributed by atoms with Gasteiger partial charge in [0, 0.05) is 31.2 Å². The molecule has 7 nitrogen and oxygen atoms in total. The van der Waals surface area contributed by atoms with Crippen LogP contribution >= 0.6 is 11.6 Å². The van der Waals surface area contributed by atoms with E-state index in [0.717, 1.165) is 24.1 Å². The number of fused-ring (bicyclic) bond motifs is 2. The molecular formula is C29H33ClFN5O2. The summed E-state index contributed by atoms with van der Waals surface area (Å²) in [6.45, 7) is 8.75. The summed E-state index contributed by atoms with van der Waals surface area (Å²) in [4.78, 5) is 36.1. The van der Waals surface area contributed by atoms with Gasteiger partial charge < -0.3 is 19.7 Å². The van der Waals surface area contributed by atoms with E-state index in [-0.39, 0.29) is 17.2 Å². The maximum absolute atomic E-state index is 14.9. The van der Waals surface area contributed by atoms with Crippen molar-refractivity contribution < 1.29 is 14.0 Å². The Labute approximate surface area is 227 Å². The molecule has 2 aromatic carbocycles. The van der Waals surface area contributed by atoms with Crippen molar-refractivity contribution in [3.63, 3.8) is 0 Å². The van der Waals surface area contributed by atoms with Crippen molar-refractivity contribution in [2.24, 2.45) is 5.41 Å². The summed E-state index contributed by atoms with van der Waals surface area (Å²) in [7, 11) is 1.98. The smallest absolute Gasteiger partial charge is 0.272 e. The highest BCUT2D eigenvalue weighted by Gasteiger charge is 2.39. The molecule has 9 heteroatoms. The second kappa shape index (κ2) is 10.2. The number of aromatic nitrogens is 2. The molecule has 0 saturated carbocycles. The first kappa shape index (κ1) is 26.4. The third kappa shape index (κ3) is 5.07. The summed E-state index contributed by atoms with van der Waals surface area (Å²) in [5, 5.41) is 3.40. The predicted octanol–water partition coefficient (Wildman–Crippen LogP) is 4.87. The first-order chi connectivity index (χ1) is 18.0. The number of benzene rings is 2. The van der Waals surface area contributed by atoms with Crippen LogP contribution in [0.2, 0.25) is 5.02 Å². The van der Waals surface area contributed by atoms with E-state index in [2.05, 4.69) is 15.2 Å². The summed E-state index contributed by atoms with van der Waals surface area (Å²) in [6.07, 6.45) is 0.828. The van der Waals surface area contributed by atoms with Crippen molar-refractivity contribution in [2.75, 3.05) is 13.6 Å². The average molecular weight is 538 g/mol. The molecule has 0 saturated heterocycles. The van der Waals surface area contributed by atoms with E-state index in [0.29, 0.717) is 42.7 Å². The zero-order chi connectivity index (χ0) is 27.2. The Hall–Kier alpha value is -3.23. The third-order valence-electron chi connectivity index (χ3n) is 7.34. The lowest BCUT2D eigenvalue weighted by Gasteiger charge is -2.33. The SMILES string of the molecule is CN1CCCn2c(-c3cc(Cl)ccc3F)nc(C(=O)N[C@H](C(=O)N3Cc4ccccc4C3)C(C)(C)C)c2C1. The minimum absolute atomic E-state index is 0.134. The lowest BCUT2D eigenvalue weighted by atomic mass is 9.85. The quantitative estimate of drug-likeness (QED) is 0.516. The molecule has 0 unspecified atom stereocenters. The Morgan fingerprint density at radius 3 is 2.39 bits per heavy atom. The molecule has 1 atom stereocenters. The van der Waals surface area contributed by atoms with Crippen LogP contribution in [0, 0.1) is 11.2 Å². The molecule has 5 rings (SSSR count). The lowest BCUT2D eigenvalue weighted by Crippen LogP contribution is -2.53. The third-order valence-corrected chi connectivity index (χ3v) is 7.57. The molecule has 0 fully saturated rings. The molecule has 0 radical (unpaired) electrons. The van der Waals surface area contributed by atoms with Gasteiger partial charge in [0.25, 0.3) is 5.91 Å². The number of carbonyl (C=O) groups excluding carboxylic acids is 2. The van der Waals surface area contributed by atoms with Gasteiger partial charge in [-0.15, -0.1) is 0 Å². The Kier molecular flexibility index (Phi) is 7.05. The highest BCUT2D eigenvalue weighted by Crippen LogP contribution is 2.31. The minimum atomic E-state index is -0.767. The standard InChI is InChI=1S/C29H33ClFN5O2/c1-29(2,3)25(28(38)35-15-18-8-5-6-9-19(18)16-35)33-27(37)24-23-17-34(4)12-7-13-36(23)26(32-24)21-14-20(30)10-11-22(21)31/h5-6,8-11,14,25H,7,12-13,15-17H2,1-4H3,(H,33,37)/t25-/m1/s1. The Balaban J connectivity index is 1.49. The van der Waals surface area contributed by atoms with E-state index in [9.17, 15) is 14.0 Å². The summed E-state index contributed by atoms with van der Waals surface area (Å²) < 4.78 is 16.8. The van der Waals surface area contributed by atoms with Gasteiger partial charge in [-0.1, -0.05) is 56.6 Å². The van der Waals surface area contributed by atoms with Crippen LogP contribution in [0.15, 0.2) is 42.5 Å². The van der Waals surface area contributed by atoms with Gasteiger partial charge in [0.15, 0.2) is 5.69 Å². The summed E-state index contributed by atoms with van der Waals surface area (Å²) in [5.74, 6) is -0.662. The van der Waals surface area contributed by atoms with Crippen molar-refractivity contribution in [1.82, 2.24) is 24.7 Å². The number of amides is 2. The van der Waals surface area contributed by atoms with Crippen LogP contribution in [0.25, 0.3) is 11.4 Å². The number of imidazole rings is 1. The number of halogens is 2. The van der Waals surface area contributed by atoms with Crippen LogP contribution in [-0.2, 0) is 31.0 Å². The maximum Gasteiger partial charge on any atom is 0.272 e. The highest BCUT2D eigenvalue weighted by atomic mass is 35.5. The maximum atomic E-state index is 14.9. The van der Waals surface area contributed by atoms with Crippen molar-refractivity contribution >= 4 is 23.4 Å². The largest absolute Gasteiger partial charge is 0.338 e. The monoisotopic (exact) mass is 537 g/mol. The van der Waals surface area contributed by atoms with Gasteiger partial charge in [-0.25, -0.2) is 9.37 Å². The Morgan fingerprint density at radius 2 is 1.74 bits per heavy atom. The van der Waals surface area contributed by atoms with Gasteiger partial charge in [0.2, 0.25) is 5.91 Å². The topological polar surface area (TPSA) is 70.5 Å². The van der Waals surface area contributed by atoms with Gasteiger partial charge >= 0.3 is 0 Å². The normalized spacial score (nSPS) is 16.5. The van der Waals surface area contributed by atoms with Gasteiger partial charge in [0.05, 0.1) is 11.3 Å². The zero-order valence-corrected chi connectivity index (χ0v) is 23.0. The molecule has 0 spiro atoms. The van der Waals surface area contributed by atoms with Gasteiger partial charge in [-0.2, -0.15) is 0 Å². The van der Waals surface area contributed by atoms with E-state index in [1.54, 1.807) is 4.90 Å². The average Bonchev–Trinajstić information content (AvgIpc) is 3.39. The molecule has 1 N–H and O–H groups in total. The summed E-state index contributed by atoms with van der Waals surface area (Å²) in [5.41, 5.74) is 2.86. The van der Waals surface area contributed by atoms with Crippen LogP contribution in [0.5, 0.6) is 0 Å². The lowest BCUT2D eigenvalue weighted by molar-refractivity contribution is -0.136. The molecule has 3 aromatic rings. The van der Waals surface area contributed by atoms with Gasteiger partial charge in [0.1, 0.15) is 17.7 Å². The summed E-state index contributed by atoms with van der Waals surface area (Å²) >= 11 is 6.19. The van der Waals surface area contributed by atoms with Crippen LogP contribution in [0.1, 0.15) is 54.5 Å². The molecule has 1 aromatic heterocycles. The Bertz CT molecular complexity index is 1370. The van der Waals surface area contributed by atoms with Crippen LogP contribution in [-0.4, -0.2) is 50.8 Å². The van der Waals surface area contributed by atoms with E-state index in [1.165, 1.54) is 18.2 Å². The molecule has 0 aliphatic carbocycles. The van der Waals surface area contributed by atoms with Crippen LogP contribution in [0.3, 0.4) is 0 Å². The second-order valence-corrected chi connectivity index (χ2v) is 11.8. The molecule has 2 aliphatic heterocycles. The molecule has 200 valence electrons. The zero-order valence-electron chi connectivity index (χ0n) is 22.2. The molecule has 2 aliphatic rings. The molecule has 3 heterocycles. The van der Waals surface area contributed by atoms with Crippen molar-refractivity contribution in [3.05, 3.63) is 75.8 Å². The van der Waals surface area contributed by atoms with Gasteiger partial charge in [-0.3, -0.25) is 9.59 Å². The van der Waals surface area contributed by atoms with Crippen molar-refractivity contribution in [2.45, 2.75) is 59.4 Å². The van der Waals surface area contributed by atoms with Crippen LogP contribution in [0.4, 0.5) is 4.39 Å². The van der Waals surface area contributed by atoms with E-state index in [1.807, 2.05) is 56.7 Å². The minimum Gasteiger partial charge on any atom is -0.338 e. The van der Waals surface area contributed by atoms with Gasteiger partial charge in [-0.05, 0) is 54.8 Å². The Morgan fingerprint density at radius 1 is 1.05 bits per heavy atom. The number of hydrogen-bond acceptors (Lipinski definition) is 4. The van der Waals surface area contributed by atoms with Crippen molar-refractivity contribution in [1.29, 1.82) is 0 Å². The fraction of sp³-hybridized carbons (Fsp3) is 0.414. The van der Waals surface area contributed by atoms with E-state index >= 15 is 0 Å². The number of rotatable bonds is 4. The fourth-order valence-corrected chi connectivity index (χ4v) is 5.47. The van der Waals surface area contributed by atoms with Crippen molar-refractivity contribution in [3.8, 4) is 11.4 Å². The molecule has 0 bridgehead atoms. The van der Waals surface area contributed by atoms with Crippen LogP contribution < -0.4 is 5.32 Å². The number of carbonyl (C=O) groups is 2. The first-order valence-electron chi connectivity index (χ1n) is 12.9. The molecule has 2 amide bonds. The summed E-state index contributed by atoms with van der Waals surface area (Å²) in [6, 6.07) is 11.6. The van der Waals surface area contributed by atoms with E-state index < -0.39 is 23.2 Å². The second-order valence-electron chi connectivity index (χ2n) is 11.3. The predicted molar refractivity (Wildman–Crippen MR) is 145 cm³/mol. The number of nitrogens with zero attached hydrogens (tertiary/aromatic N) is 4.